The predicted molar refractivity (Wildman–Crippen MR) is 77.1 cm³/mol. The molecule has 4 nitrogen and oxygen atoms in total. The molecule has 0 radical (unpaired) electrons. The number of hydrogen-bond acceptors (Lipinski definition) is 4. The average Bonchev–Trinajstić information content (AvgIpc) is 2.99. The Labute approximate surface area is 124 Å². The molecular formula is C16H20FN3O. The van der Waals surface area contributed by atoms with Crippen LogP contribution in [0.3, 0.4) is 0 Å². The third kappa shape index (κ3) is 3.29. The van der Waals surface area contributed by atoms with Gasteiger partial charge < -0.3 is 4.52 Å². The zero-order valence-electron chi connectivity index (χ0n) is 12.3. The molecular weight excluding hydrogens is 269 g/mol. The molecule has 21 heavy (non-hydrogen) atoms. The molecule has 1 aromatic carbocycles. The smallest absolute Gasteiger partial charge is 0.244 e. The number of halogens is 1. The summed E-state index contributed by atoms with van der Waals surface area (Å²) < 4.78 is 18.4. The first-order chi connectivity index (χ1) is 10.3. The molecule has 0 saturated carbocycles. The minimum Gasteiger partial charge on any atom is -0.338 e. The van der Waals surface area contributed by atoms with Crippen LogP contribution in [0.4, 0.5) is 4.39 Å². The van der Waals surface area contributed by atoms with Crippen LogP contribution in [0.25, 0.3) is 0 Å². The van der Waals surface area contributed by atoms with Gasteiger partial charge in [-0.3, -0.25) is 4.90 Å². The molecule has 1 saturated heterocycles. The van der Waals surface area contributed by atoms with E-state index in [4.69, 9.17) is 4.52 Å². The van der Waals surface area contributed by atoms with Gasteiger partial charge in [0.1, 0.15) is 5.82 Å². The van der Waals surface area contributed by atoms with E-state index in [9.17, 15) is 4.39 Å². The second-order valence-corrected chi connectivity index (χ2v) is 5.51. The fraction of sp³-hybridized carbons (Fsp3) is 0.500. The van der Waals surface area contributed by atoms with Crippen LogP contribution in [0, 0.1) is 5.82 Å². The fourth-order valence-corrected chi connectivity index (χ4v) is 2.83. The molecule has 5 heteroatoms. The lowest BCUT2D eigenvalue weighted by Gasteiger charge is -2.33. The third-order valence-electron chi connectivity index (χ3n) is 4.00. The summed E-state index contributed by atoms with van der Waals surface area (Å²) in [7, 11) is 0. The van der Waals surface area contributed by atoms with Crippen molar-refractivity contribution >= 4 is 0 Å². The summed E-state index contributed by atoms with van der Waals surface area (Å²) in [6.07, 6.45) is 4.17. The Morgan fingerprint density at radius 2 is 2.10 bits per heavy atom. The first-order valence-electron chi connectivity index (χ1n) is 7.57. The molecule has 1 fully saturated rings. The van der Waals surface area contributed by atoms with Gasteiger partial charge in [0.25, 0.3) is 0 Å². The standard InChI is InChI=1S/C16H20FN3O/c1-2-15-18-16(21-19-15)14-5-3-4-10-20(14)11-12-6-8-13(17)9-7-12/h6-9,14H,2-5,10-11H2,1H3/t14-/m1/s1. The maximum absolute atomic E-state index is 13.0. The summed E-state index contributed by atoms with van der Waals surface area (Å²) in [5, 5.41) is 4.00. The molecule has 112 valence electrons. The molecule has 0 spiro atoms. The Kier molecular flexibility index (Phi) is 4.29. The predicted octanol–water partition coefficient (Wildman–Crippen LogP) is 3.50. The lowest BCUT2D eigenvalue weighted by atomic mass is 10.0. The van der Waals surface area contributed by atoms with Crippen molar-refractivity contribution in [2.24, 2.45) is 0 Å². The zero-order valence-corrected chi connectivity index (χ0v) is 12.3. The first kappa shape index (κ1) is 14.2. The van der Waals surface area contributed by atoms with Crippen molar-refractivity contribution in [1.29, 1.82) is 0 Å². The molecule has 0 N–H and O–H groups in total. The van der Waals surface area contributed by atoms with Crippen molar-refractivity contribution in [2.75, 3.05) is 6.54 Å². The lowest BCUT2D eigenvalue weighted by molar-refractivity contribution is 0.111. The summed E-state index contributed by atoms with van der Waals surface area (Å²) in [6.45, 7) is 3.81. The number of rotatable bonds is 4. The van der Waals surface area contributed by atoms with Crippen LogP contribution < -0.4 is 0 Å². The quantitative estimate of drug-likeness (QED) is 0.864. The molecule has 0 bridgehead atoms. The van der Waals surface area contributed by atoms with Gasteiger partial charge >= 0.3 is 0 Å². The van der Waals surface area contributed by atoms with E-state index in [0.717, 1.165) is 37.3 Å². The van der Waals surface area contributed by atoms with Gasteiger partial charge in [-0.2, -0.15) is 4.98 Å². The van der Waals surface area contributed by atoms with E-state index in [1.165, 1.54) is 25.0 Å². The molecule has 0 amide bonds. The second kappa shape index (κ2) is 6.35. The summed E-state index contributed by atoms with van der Waals surface area (Å²) in [5.41, 5.74) is 1.11. The molecule has 1 atom stereocenters. The highest BCUT2D eigenvalue weighted by Crippen LogP contribution is 2.31. The van der Waals surface area contributed by atoms with Gasteiger partial charge in [-0.05, 0) is 37.1 Å². The van der Waals surface area contributed by atoms with Crippen LogP contribution >= 0.6 is 0 Å². The van der Waals surface area contributed by atoms with Crippen LogP contribution in [-0.4, -0.2) is 21.6 Å². The first-order valence-corrected chi connectivity index (χ1v) is 7.57. The van der Waals surface area contributed by atoms with Crippen LogP contribution in [0.15, 0.2) is 28.8 Å². The van der Waals surface area contributed by atoms with E-state index in [2.05, 4.69) is 15.0 Å². The van der Waals surface area contributed by atoms with Gasteiger partial charge in [0.15, 0.2) is 5.82 Å². The Morgan fingerprint density at radius 3 is 2.81 bits per heavy atom. The zero-order chi connectivity index (χ0) is 14.7. The van der Waals surface area contributed by atoms with Crippen LogP contribution in [0.2, 0.25) is 0 Å². The van der Waals surface area contributed by atoms with Gasteiger partial charge in [-0.1, -0.05) is 30.6 Å². The normalized spacial score (nSPS) is 19.8. The number of hydrogen-bond donors (Lipinski definition) is 0. The van der Waals surface area contributed by atoms with Crippen molar-refractivity contribution < 1.29 is 8.91 Å². The Balaban J connectivity index is 1.76. The fourth-order valence-electron chi connectivity index (χ4n) is 2.83. The van der Waals surface area contributed by atoms with Gasteiger partial charge in [0, 0.05) is 13.0 Å². The van der Waals surface area contributed by atoms with E-state index in [0.29, 0.717) is 5.89 Å². The molecule has 1 aliphatic heterocycles. The molecule has 0 aliphatic carbocycles. The average molecular weight is 289 g/mol. The van der Waals surface area contributed by atoms with Crippen molar-refractivity contribution in [3.05, 3.63) is 47.4 Å². The van der Waals surface area contributed by atoms with Crippen molar-refractivity contribution in [3.8, 4) is 0 Å². The van der Waals surface area contributed by atoms with Crippen molar-refractivity contribution in [3.63, 3.8) is 0 Å². The van der Waals surface area contributed by atoms with Crippen molar-refractivity contribution in [1.82, 2.24) is 15.0 Å². The molecule has 1 aliphatic rings. The van der Waals surface area contributed by atoms with Crippen LogP contribution in [0.1, 0.15) is 49.5 Å². The summed E-state index contributed by atoms with van der Waals surface area (Å²) in [4.78, 5) is 6.83. The maximum atomic E-state index is 13.0. The maximum Gasteiger partial charge on any atom is 0.244 e. The topological polar surface area (TPSA) is 42.2 Å². The number of nitrogens with zero attached hydrogens (tertiary/aromatic N) is 3. The Bertz CT molecular complexity index is 581. The van der Waals surface area contributed by atoms with Gasteiger partial charge in [-0.15, -0.1) is 0 Å². The lowest BCUT2D eigenvalue weighted by Crippen LogP contribution is -2.33. The summed E-state index contributed by atoms with van der Waals surface area (Å²) in [5.74, 6) is 1.28. The largest absolute Gasteiger partial charge is 0.338 e. The van der Waals surface area contributed by atoms with E-state index >= 15 is 0 Å². The number of piperidine rings is 1. The van der Waals surface area contributed by atoms with E-state index in [1.807, 2.05) is 19.1 Å². The van der Waals surface area contributed by atoms with Crippen LogP contribution in [0.5, 0.6) is 0 Å². The SMILES string of the molecule is CCc1noc([C@H]2CCCCN2Cc2ccc(F)cc2)n1. The van der Waals surface area contributed by atoms with Gasteiger partial charge in [0.05, 0.1) is 6.04 Å². The number of aromatic nitrogens is 2. The van der Waals surface area contributed by atoms with Crippen molar-refractivity contribution in [2.45, 2.75) is 45.2 Å². The molecule has 2 aromatic rings. The van der Waals surface area contributed by atoms with E-state index < -0.39 is 0 Å². The van der Waals surface area contributed by atoms with E-state index in [1.54, 1.807) is 0 Å². The highest BCUT2D eigenvalue weighted by atomic mass is 19.1. The van der Waals surface area contributed by atoms with Gasteiger partial charge in [0.2, 0.25) is 5.89 Å². The van der Waals surface area contributed by atoms with Gasteiger partial charge in [-0.25, -0.2) is 4.39 Å². The second-order valence-electron chi connectivity index (χ2n) is 5.51. The van der Waals surface area contributed by atoms with Crippen LogP contribution in [-0.2, 0) is 13.0 Å². The molecule has 1 aromatic heterocycles. The number of likely N-dealkylation sites (tertiary alicyclic amines) is 1. The monoisotopic (exact) mass is 289 g/mol. The third-order valence-corrected chi connectivity index (χ3v) is 4.00. The molecule has 3 rings (SSSR count). The molecule has 0 unspecified atom stereocenters. The Morgan fingerprint density at radius 1 is 1.29 bits per heavy atom. The number of benzene rings is 1. The Hall–Kier alpha value is -1.75. The van der Waals surface area contributed by atoms with E-state index in [-0.39, 0.29) is 11.9 Å². The minimum atomic E-state index is -0.196. The minimum absolute atomic E-state index is 0.177. The highest BCUT2D eigenvalue weighted by Gasteiger charge is 2.28. The number of aryl methyl sites for hydroxylation is 1. The highest BCUT2D eigenvalue weighted by molar-refractivity contribution is 5.16. The molecule has 2 heterocycles. The summed E-state index contributed by atoms with van der Waals surface area (Å²) in [6, 6.07) is 6.88. The summed E-state index contributed by atoms with van der Waals surface area (Å²) >= 11 is 0.